The molecule has 3 nitrogen and oxygen atoms in total. The molecule has 0 aliphatic rings. The van der Waals surface area contributed by atoms with Crippen LogP contribution in [0, 0.1) is 0 Å². The zero-order valence-electron chi connectivity index (χ0n) is 12.3. The summed E-state index contributed by atoms with van der Waals surface area (Å²) in [6.07, 6.45) is -4.77. The second-order valence-electron chi connectivity index (χ2n) is 5.03. The van der Waals surface area contributed by atoms with E-state index in [1.807, 2.05) is 0 Å². The topological polar surface area (TPSA) is 46.5 Å². The third-order valence-electron chi connectivity index (χ3n) is 3.54. The Hall–Kier alpha value is -2.50. The second-order valence-corrected chi connectivity index (χ2v) is 5.03. The average molecular weight is 324 g/mol. The van der Waals surface area contributed by atoms with Crippen LogP contribution in [0.15, 0.2) is 48.5 Å². The van der Waals surface area contributed by atoms with Crippen molar-refractivity contribution in [1.29, 1.82) is 0 Å². The molecule has 122 valence electrons. The number of aliphatic carboxylic acids is 1. The van der Waals surface area contributed by atoms with E-state index in [4.69, 9.17) is 4.74 Å². The maximum atomic E-state index is 13.1. The van der Waals surface area contributed by atoms with E-state index in [9.17, 15) is 23.1 Å². The third kappa shape index (κ3) is 4.03. The summed E-state index contributed by atoms with van der Waals surface area (Å²) in [5, 5.41) is 9.42. The summed E-state index contributed by atoms with van der Waals surface area (Å²) < 4.78 is 44.2. The molecule has 0 radical (unpaired) electrons. The van der Waals surface area contributed by atoms with E-state index in [0.29, 0.717) is 11.3 Å². The largest absolute Gasteiger partial charge is 0.497 e. The Morgan fingerprint density at radius 2 is 1.87 bits per heavy atom. The molecule has 2 aromatic carbocycles. The van der Waals surface area contributed by atoms with Crippen LogP contribution in [0.3, 0.4) is 0 Å². The van der Waals surface area contributed by atoms with Crippen LogP contribution in [0.4, 0.5) is 13.2 Å². The molecule has 23 heavy (non-hydrogen) atoms. The summed E-state index contributed by atoms with van der Waals surface area (Å²) >= 11 is 0. The molecule has 1 N–H and O–H groups in total. The van der Waals surface area contributed by atoms with Crippen LogP contribution in [-0.4, -0.2) is 18.2 Å². The number of methoxy groups -OCH3 is 1. The van der Waals surface area contributed by atoms with Crippen molar-refractivity contribution in [2.45, 2.75) is 18.5 Å². The molecule has 1 unspecified atom stereocenters. The molecule has 0 aliphatic carbocycles. The van der Waals surface area contributed by atoms with E-state index < -0.39 is 23.6 Å². The molecule has 0 fully saturated rings. The first-order chi connectivity index (χ1) is 10.8. The predicted octanol–water partition coefficient (Wildman–Crippen LogP) is 4.12. The molecule has 0 amide bonds. The van der Waals surface area contributed by atoms with Gasteiger partial charge in [0.25, 0.3) is 0 Å². The van der Waals surface area contributed by atoms with Crippen molar-refractivity contribution in [2.75, 3.05) is 7.11 Å². The van der Waals surface area contributed by atoms with Crippen LogP contribution in [-0.2, 0) is 17.4 Å². The van der Waals surface area contributed by atoms with E-state index in [-0.39, 0.29) is 12.0 Å². The molecule has 6 heteroatoms. The maximum absolute atomic E-state index is 13.1. The van der Waals surface area contributed by atoms with Gasteiger partial charge in [-0.3, -0.25) is 4.79 Å². The number of carboxylic acids is 1. The molecule has 0 saturated carbocycles. The fourth-order valence-corrected chi connectivity index (χ4v) is 2.40. The summed E-state index contributed by atoms with van der Waals surface area (Å²) in [6, 6.07) is 11.4. The van der Waals surface area contributed by atoms with Crippen LogP contribution >= 0.6 is 0 Å². The van der Waals surface area contributed by atoms with Crippen LogP contribution < -0.4 is 4.74 Å². The molecule has 0 saturated heterocycles. The molecular formula is C17H15F3O3. The Labute approximate surface area is 131 Å². The smallest absolute Gasteiger partial charge is 0.416 e. The second kappa shape index (κ2) is 6.73. The normalized spacial score (nSPS) is 12.7. The maximum Gasteiger partial charge on any atom is 0.416 e. The molecule has 2 aromatic rings. The Morgan fingerprint density at radius 3 is 2.48 bits per heavy atom. The highest BCUT2D eigenvalue weighted by Gasteiger charge is 2.34. The van der Waals surface area contributed by atoms with Gasteiger partial charge in [-0.05, 0) is 35.7 Å². The first-order valence-electron chi connectivity index (χ1n) is 6.84. The van der Waals surface area contributed by atoms with Crippen molar-refractivity contribution in [3.63, 3.8) is 0 Å². The Balaban J connectivity index is 2.40. The van der Waals surface area contributed by atoms with Gasteiger partial charge in [0.15, 0.2) is 0 Å². The number of hydrogen-bond acceptors (Lipinski definition) is 2. The molecule has 0 bridgehead atoms. The average Bonchev–Trinajstić information content (AvgIpc) is 2.51. The number of carbonyl (C=O) groups is 1. The number of alkyl halides is 3. The van der Waals surface area contributed by atoms with E-state index in [1.54, 1.807) is 18.2 Å². The van der Waals surface area contributed by atoms with Gasteiger partial charge in [0, 0.05) is 0 Å². The van der Waals surface area contributed by atoms with Crippen molar-refractivity contribution < 1.29 is 27.8 Å². The Morgan fingerprint density at radius 1 is 1.17 bits per heavy atom. The van der Waals surface area contributed by atoms with Crippen molar-refractivity contribution in [1.82, 2.24) is 0 Å². The number of hydrogen-bond donors (Lipinski definition) is 1. The zero-order chi connectivity index (χ0) is 17.0. The SMILES string of the molecule is COc1cccc(C(Cc2ccccc2C(F)(F)F)C(=O)O)c1. The lowest BCUT2D eigenvalue weighted by Crippen LogP contribution is -2.17. The summed E-state index contributed by atoms with van der Waals surface area (Å²) in [5.41, 5.74) is -0.460. The van der Waals surface area contributed by atoms with E-state index in [2.05, 4.69) is 0 Å². The van der Waals surface area contributed by atoms with E-state index in [1.165, 1.54) is 31.4 Å². The van der Waals surface area contributed by atoms with Gasteiger partial charge in [0.05, 0.1) is 18.6 Å². The Kier molecular flexibility index (Phi) is 4.93. The zero-order valence-corrected chi connectivity index (χ0v) is 12.3. The fraction of sp³-hybridized carbons (Fsp3) is 0.235. The standard InChI is InChI=1S/C17H15F3O3/c1-23-13-7-4-6-11(9-13)14(16(21)22)10-12-5-2-3-8-15(12)17(18,19)20/h2-9,14H,10H2,1H3,(H,21,22). The summed E-state index contributed by atoms with van der Waals surface area (Å²) in [5.74, 6) is -1.82. The lowest BCUT2D eigenvalue weighted by atomic mass is 9.89. The predicted molar refractivity (Wildman–Crippen MR) is 78.5 cm³/mol. The third-order valence-corrected chi connectivity index (χ3v) is 3.54. The Bertz CT molecular complexity index is 695. The highest BCUT2D eigenvalue weighted by atomic mass is 19.4. The van der Waals surface area contributed by atoms with Gasteiger partial charge < -0.3 is 9.84 Å². The van der Waals surface area contributed by atoms with Crippen LogP contribution in [0.5, 0.6) is 5.75 Å². The van der Waals surface area contributed by atoms with Gasteiger partial charge in [-0.15, -0.1) is 0 Å². The summed E-state index contributed by atoms with van der Waals surface area (Å²) in [4.78, 5) is 11.5. The molecular weight excluding hydrogens is 309 g/mol. The molecule has 0 spiro atoms. The number of ether oxygens (including phenoxy) is 1. The van der Waals surface area contributed by atoms with E-state index in [0.717, 1.165) is 6.07 Å². The summed E-state index contributed by atoms with van der Waals surface area (Å²) in [7, 11) is 1.44. The lowest BCUT2D eigenvalue weighted by molar-refractivity contribution is -0.141. The minimum atomic E-state index is -4.52. The number of rotatable bonds is 5. The van der Waals surface area contributed by atoms with Crippen molar-refractivity contribution in [3.05, 3.63) is 65.2 Å². The van der Waals surface area contributed by atoms with Crippen molar-refractivity contribution in [2.24, 2.45) is 0 Å². The molecule has 2 rings (SSSR count). The number of halogens is 3. The van der Waals surface area contributed by atoms with Crippen LogP contribution in [0.25, 0.3) is 0 Å². The highest BCUT2D eigenvalue weighted by molar-refractivity contribution is 5.76. The highest BCUT2D eigenvalue weighted by Crippen LogP contribution is 2.34. The number of carboxylic acid groups (broad SMARTS) is 1. The monoisotopic (exact) mass is 324 g/mol. The summed E-state index contributed by atoms with van der Waals surface area (Å²) in [6.45, 7) is 0. The minimum absolute atomic E-state index is 0.0461. The lowest BCUT2D eigenvalue weighted by Gasteiger charge is -2.17. The molecule has 1 atom stereocenters. The quantitative estimate of drug-likeness (QED) is 0.900. The van der Waals surface area contributed by atoms with Crippen LogP contribution in [0.1, 0.15) is 22.6 Å². The van der Waals surface area contributed by atoms with Gasteiger partial charge in [-0.1, -0.05) is 30.3 Å². The molecule has 0 aliphatic heterocycles. The van der Waals surface area contributed by atoms with Crippen LogP contribution in [0.2, 0.25) is 0 Å². The fourth-order valence-electron chi connectivity index (χ4n) is 2.40. The molecule has 0 heterocycles. The van der Waals surface area contributed by atoms with Gasteiger partial charge >= 0.3 is 12.1 Å². The minimum Gasteiger partial charge on any atom is -0.497 e. The van der Waals surface area contributed by atoms with Gasteiger partial charge in [0.1, 0.15) is 5.75 Å². The molecule has 0 aromatic heterocycles. The van der Waals surface area contributed by atoms with Crippen molar-refractivity contribution in [3.8, 4) is 5.75 Å². The number of benzene rings is 2. The van der Waals surface area contributed by atoms with Gasteiger partial charge in [0.2, 0.25) is 0 Å². The van der Waals surface area contributed by atoms with E-state index >= 15 is 0 Å². The van der Waals surface area contributed by atoms with Gasteiger partial charge in [-0.2, -0.15) is 13.2 Å². The first-order valence-corrected chi connectivity index (χ1v) is 6.84. The van der Waals surface area contributed by atoms with Crippen molar-refractivity contribution >= 4 is 5.97 Å². The first kappa shape index (κ1) is 16.9. The van der Waals surface area contributed by atoms with Gasteiger partial charge in [-0.25, -0.2) is 0 Å².